The molecular weight excluding hydrogens is 368 g/mol. The third-order valence-electron chi connectivity index (χ3n) is 4.36. The third kappa shape index (κ3) is 5.00. The fourth-order valence-electron chi connectivity index (χ4n) is 2.73. The van der Waals surface area contributed by atoms with Crippen molar-refractivity contribution in [2.75, 3.05) is 21.3 Å². The lowest BCUT2D eigenvalue weighted by Gasteiger charge is -2.25. The van der Waals surface area contributed by atoms with Crippen LogP contribution in [0.4, 0.5) is 8.78 Å². The molecule has 2 rings (SSSR count). The van der Waals surface area contributed by atoms with Crippen LogP contribution in [0.15, 0.2) is 48.5 Å². The summed E-state index contributed by atoms with van der Waals surface area (Å²) in [7, 11) is 4.58. The van der Waals surface area contributed by atoms with Crippen molar-refractivity contribution < 1.29 is 27.8 Å². The van der Waals surface area contributed by atoms with Crippen LogP contribution in [0.1, 0.15) is 24.1 Å². The molecule has 2 aromatic carbocycles. The normalized spacial score (nSPS) is 12.1. The highest BCUT2D eigenvalue weighted by atomic mass is 19.3. The molecule has 0 aliphatic rings. The molecule has 7 heteroatoms. The Balaban J connectivity index is 2.23. The molecule has 0 saturated carbocycles. The summed E-state index contributed by atoms with van der Waals surface area (Å²) in [4.78, 5) is 14.1. The second-order valence-corrected chi connectivity index (χ2v) is 5.96. The molecule has 0 bridgehead atoms. The first kappa shape index (κ1) is 21.2. The fraction of sp³-hybridized carbons (Fsp3) is 0.286. The number of ether oxygens (including phenoxy) is 3. The van der Waals surface area contributed by atoms with E-state index in [1.54, 1.807) is 26.3 Å². The van der Waals surface area contributed by atoms with Crippen molar-refractivity contribution in [3.63, 3.8) is 0 Å². The van der Waals surface area contributed by atoms with Gasteiger partial charge >= 0.3 is 6.61 Å². The van der Waals surface area contributed by atoms with Crippen molar-refractivity contribution in [3.05, 3.63) is 59.7 Å². The van der Waals surface area contributed by atoms with Crippen LogP contribution >= 0.6 is 0 Å². The van der Waals surface area contributed by atoms with E-state index < -0.39 is 6.61 Å². The first-order chi connectivity index (χ1) is 13.4. The van der Waals surface area contributed by atoms with E-state index in [9.17, 15) is 13.6 Å². The van der Waals surface area contributed by atoms with Crippen molar-refractivity contribution in [1.29, 1.82) is 0 Å². The Bertz CT molecular complexity index is 839. The van der Waals surface area contributed by atoms with Crippen LogP contribution in [0.5, 0.6) is 17.2 Å². The molecule has 150 valence electrons. The second kappa shape index (κ2) is 9.73. The maximum Gasteiger partial charge on any atom is 0.387 e. The Kier molecular flexibility index (Phi) is 7.37. The van der Waals surface area contributed by atoms with Gasteiger partial charge in [0.1, 0.15) is 5.75 Å². The van der Waals surface area contributed by atoms with Crippen LogP contribution in [0.3, 0.4) is 0 Å². The quantitative estimate of drug-likeness (QED) is 0.620. The van der Waals surface area contributed by atoms with Gasteiger partial charge in [0, 0.05) is 24.3 Å². The fourth-order valence-corrected chi connectivity index (χ4v) is 2.73. The molecule has 0 heterocycles. The monoisotopic (exact) mass is 391 g/mol. The lowest BCUT2D eigenvalue weighted by atomic mass is 10.1. The summed E-state index contributed by atoms with van der Waals surface area (Å²) in [6.45, 7) is -1.13. The summed E-state index contributed by atoms with van der Waals surface area (Å²) in [6.07, 6.45) is 2.73. The molecule has 2 aromatic rings. The minimum atomic E-state index is -3.01. The van der Waals surface area contributed by atoms with E-state index in [0.29, 0.717) is 11.3 Å². The van der Waals surface area contributed by atoms with Gasteiger partial charge < -0.3 is 19.1 Å². The molecule has 28 heavy (non-hydrogen) atoms. The zero-order valence-electron chi connectivity index (χ0n) is 16.2. The number of halogens is 2. The van der Waals surface area contributed by atoms with E-state index in [-0.39, 0.29) is 23.4 Å². The minimum absolute atomic E-state index is 0.121. The van der Waals surface area contributed by atoms with Gasteiger partial charge in [-0.05, 0) is 25.1 Å². The molecule has 0 spiro atoms. The highest BCUT2D eigenvalue weighted by Gasteiger charge is 2.19. The van der Waals surface area contributed by atoms with E-state index >= 15 is 0 Å². The third-order valence-corrected chi connectivity index (χ3v) is 4.36. The molecule has 0 fully saturated rings. The summed E-state index contributed by atoms with van der Waals surface area (Å²) in [5.41, 5.74) is 1.17. The van der Waals surface area contributed by atoms with Gasteiger partial charge in [-0.1, -0.05) is 30.3 Å². The van der Waals surface area contributed by atoms with Gasteiger partial charge in [0.05, 0.1) is 20.3 Å². The first-order valence-corrected chi connectivity index (χ1v) is 8.58. The summed E-state index contributed by atoms with van der Waals surface area (Å²) in [6, 6.07) is 11.9. The van der Waals surface area contributed by atoms with E-state index in [4.69, 9.17) is 9.47 Å². The van der Waals surface area contributed by atoms with Crippen molar-refractivity contribution in [2.24, 2.45) is 0 Å². The van der Waals surface area contributed by atoms with Gasteiger partial charge in [0.25, 0.3) is 0 Å². The van der Waals surface area contributed by atoms with Gasteiger partial charge in [-0.25, -0.2) is 0 Å². The topological polar surface area (TPSA) is 48.0 Å². The number of hydrogen-bond acceptors (Lipinski definition) is 4. The first-order valence-electron chi connectivity index (χ1n) is 8.58. The van der Waals surface area contributed by atoms with Crippen molar-refractivity contribution in [1.82, 2.24) is 4.90 Å². The average Bonchev–Trinajstić information content (AvgIpc) is 2.71. The smallest absolute Gasteiger partial charge is 0.387 e. The number of nitrogens with zero attached hydrogens (tertiary/aromatic N) is 1. The zero-order chi connectivity index (χ0) is 20.7. The van der Waals surface area contributed by atoms with Crippen LogP contribution in [0.2, 0.25) is 0 Å². The Morgan fingerprint density at radius 2 is 1.68 bits per heavy atom. The minimum Gasteiger partial charge on any atom is -0.496 e. The van der Waals surface area contributed by atoms with E-state index in [2.05, 4.69) is 4.74 Å². The molecule has 5 nitrogen and oxygen atoms in total. The van der Waals surface area contributed by atoms with Crippen LogP contribution in [-0.4, -0.2) is 38.7 Å². The SMILES string of the molecule is COc1ccccc1C(C)N(C)C(=O)/C=C/c1cccc(OC)c1OC(F)F. The summed E-state index contributed by atoms with van der Waals surface area (Å²) in [5, 5.41) is 0. The Hall–Kier alpha value is -3.09. The molecule has 0 aromatic heterocycles. The highest BCUT2D eigenvalue weighted by Crippen LogP contribution is 2.33. The molecule has 0 N–H and O–H groups in total. The second-order valence-electron chi connectivity index (χ2n) is 5.96. The van der Waals surface area contributed by atoms with Crippen molar-refractivity contribution in [3.8, 4) is 17.2 Å². The molecule has 0 aliphatic carbocycles. The van der Waals surface area contributed by atoms with Gasteiger partial charge in [-0.2, -0.15) is 8.78 Å². The number of alkyl halides is 2. The average molecular weight is 391 g/mol. The lowest BCUT2D eigenvalue weighted by Crippen LogP contribution is -2.28. The van der Waals surface area contributed by atoms with Crippen LogP contribution in [0, 0.1) is 0 Å². The standard InChI is InChI=1S/C21H23F2NO4/c1-14(16-9-5-6-10-17(16)26-3)24(2)19(25)13-12-15-8-7-11-18(27-4)20(15)28-21(22)23/h5-14,21H,1-4H3/b13-12+. The van der Waals surface area contributed by atoms with Crippen LogP contribution in [-0.2, 0) is 4.79 Å². The molecular formula is C21H23F2NO4. The molecule has 0 saturated heterocycles. The summed E-state index contributed by atoms with van der Waals surface area (Å²) < 4.78 is 40.4. The van der Waals surface area contributed by atoms with Crippen molar-refractivity contribution in [2.45, 2.75) is 19.6 Å². The number of likely N-dealkylation sites (N-methyl/N-ethyl adjacent to an activating group) is 1. The van der Waals surface area contributed by atoms with Gasteiger partial charge in [-0.3, -0.25) is 4.79 Å². The lowest BCUT2D eigenvalue weighted by molar-refractivity contribution is -0.126. The Labute approximate surface area is 163 Å². The van der Waals surface area contributed by atoms with Crippen LogP contribution in [0.25, 0.3) is 6.08 Å². The Morgan fingerprint density at radius 1 is 1.04 bits per heavy atom. The number of benzene rings is 2. The maximum atomic E-state index is 12.7. The predicted octanol–water partition coefficient (Wildman–Crippen LogP) is 4.54. The molecule has 0 radical (unpaired) electrons. The predicted molar refractivity (Wildman–Crippen MR) is 103 cm³/mol. The van der Waals surface area contributed by atoms with Gasteiger partial charge in [-0.15, -0.1) is 0 Å². The van der Waals surface area contributed by atoms with E-state index in [1.165, 1.54) is 30.2 Å². The number of hydrogen-bond donors (Lipinski definition) is 0. The maximum absolute atomic E-state index is 12.7. The van der Waals surface area contributed by atoms with Crippen molar-refractivity contribution >= 4 is 12.0 Å². The number of methoxy groups -OCH3 is 2. The number of carbonyl (C=O) groups is 1. The zero-order valence-corrected chi connectivity index (χ0v) is 16.2. The number of carbonyl (C=O) groups excluding carboxylic acids is 1. The van der Waals surface area contributed by atoms with E-state index in [0.717, 1.165) is 5.56 Å². The molecule has 1 atom stereocenters. The molecule has 1 unspecified atom stereocenters. The summed E-state index contributed by atoms with van der Waals surface area (Å²) in [5.74, 6) is 0.415. The van der Waals surface area contributed by atoms with Crippen LogP contribution < -0.4 is 14.2 Å². The number of rotatable bonds is 8. The van der Waals surface area contributed by atoms with Gasteiger partial charge in [0.15, 0.2) is 11.5 Å². The van der Waals surface area contributed by atoms with E-state index in [1.807, 2.05) is 31.2 Å². The summed E-state index contributed by atoms with van der Waals surface area (Å²) >= 11 is 0. The largest absolute Gasteiger partial charge is 0.496 e. The Morgan fingerprint density at radius 3 is 2.32 bits per heavy atom. The molecule has 0 aliphatic heterocycles. The number of amides is 1. The highest BCUT2D eigenvalue weighted by molar-refractivity contribution is 5.92. The van der Waals surface area contributed by atoms with Gasteiger partial charge in [0.2, 0.25) is 5.91 Å². The number of para-hydroxylation sites is 2. The molecule has 1 amide bonds.